The van der Waals surface area contributed by atoms with Gasteiger partial charge in [0.25, 0.3) is 5.91 Å². The van der Waals surface area contributed by atoms with Crippen molar-refractivity contribution in [3.05, 3.63) is 59.9 Å². The van der Waals surface area contributed by atoms with Crippen molar-refractivity contribution in [2.24, 2.45) is 0 Å². The van der Waals surface area contributed by atoms with Crippen LogP contribution in [-0.4, -0.2) is 41.0 Å². The van der Waals surface area contributed by atoms with E-state index in [1.165, 1.54) is 12.8 Å². The Labute approximate surface area is 154 Å². The molecule has 4 rings (SSSR count). The van der Waals surface area contributed by atoms with Gasteiger partial charge in [-0.05, 0) is 67.6 Å². The molecule has 2 atom stereocenters. The number of carbonyl (C=O) groups excluding carboxylic acids is 1. The third-order valence-electron chi connectivity index (χ3n) is 5.57. The van der Waals surface area contributed by atoms with E-state index in [1.54, 1.807) is 12.4 Å². The van der Waals surface area contributed by atoms with Crippen molar-refractivity contribution < 1.29 is 9.53 Å². The summed E-state index contributed by atoms with van der Waals surface area (Å²) in [5.74, 6) is 0.859. The highest BCUT2D eigenvalue weighted by atomic mass is 16.5. The van der Waals surface area contributed by atoms with E-state index in [1.807, 2.05) is 48.3 Å². The lowest BCUT2D eigenvalue weighted by molar-refractivity contribution is 0.0681. The summed E-state index contributed by atoms with van der Waals surface area (Å²) in [7, 11) is 1.94. The minimum absolute atomic E-state index is 0.0944. The summed E-state index contributed by atoms with van der Waals surface area (Å²) in [5.41, 5.74) is 1.79. The van der Waals surface area contributed by atoms with Gasteiger partial charge >= 0.3 is 0 Å². The van der Waals surface area contributed by atoms with Gasteiger partial charge in [0.1, 0.15) is 12.4 Å². The Morgan fingerprint density at radius 2 is 1.77 bits per heavy atom. The van der Waals surface area contributed by atoms with Crippen LogP contribution < -0.4 is 10.1 Å². The van der Waals surface area contributed by atoms with Crippen molar-refractivity contribution in [2.45, 2.75) is 50.4 Å². The maximum absolute atomic E-state index is 12.8. The summed E-state index contributed by atoms with van der Waals surface area (Å²) in [4.78, 5) is 18.8. The molecule has 5 heteroatoms. The Bertz CT molecular complexity index is 736. The monoisotopic (exact) mass is 351 g/mol. The van der Waals surface area contributed by atoms with Crippen LogP contribution in [0, 0.1) is 0 Å². The second-order valence-corrected chi connectivity index (χ2v) is 7.35. The lowest BCUT2D eigenvalue weighted by atomic mass is 9.98. The highest BCUT2D eigenvalue weighted by Gasteiger charge is 2.36. The fraction of sp³-hybridized carbons (Fsp3) is 0.429. The number of pyridine rings is 1. The number of nitrogens with zero attached hydrogens (tertiary/aromatic N) is 2. The van der Waals surface area contributed by atoms with Gasteiger partial charge in [-0.3, -0.25) is 9.78 Å². The molecule has 1 N–H and O–H groups in total. The molecule has 1 aromatic carbocycles. The van der Waals surface area contributed by atoms with Crippen LogP contribution in [0.5, 0.6) is 5.75 Å². The standard InChI is InChI=1S/C21H25N3O2/c1-24(19-12-17-4-5-18(13-19)23-17)21(25)16-2-6-20(7-3-16)26-14-15-8-10-22-11-9-15/h2-3,6-11,17-19,23H,4-5,12-14H2,1H3. The summed E-state index contributed by atoms with van der Waals surface area (Å²) < 4.78 is 5.78. The predicted octanol–water partition coefficient (Wildman–Crippen LogP) is 3.02. The van der Waals surface area contributed by atoms with Crippen molar-refractivity contribution >= 4 is 5.91 Å². The molecule has 2 fully saturated rings. The van der Waals surface area contributed by atoms with E-state index in [0.29, 0.717) is 24.7 Å². The van der Waals surface area contributed by atoms with Gasteiger partial charge in [0.2, 0.25) is 0 Å². The molecule has 0 aliphatic carbocycles. The van der Waals surface area contributed by atoms with E-state index < -0.39 is 0 Å². The number of hydrogen-bond donors (Lipinski definition) is 1. The quantitative estimate of drug-likeness (QED) is 0.900. The van der Waals surface area contributed by atoms with Gasteiger partial charge in [0, 0.05) is 43.1 Å². The fourth-order valence-corrected chi connectivity index (χ4v) is 4.05. The van der Waals surface area contributed by atoms with E-state index in [0.717, 1.165) is 29.7 Å². The van der Waals surface area contributed by atoms with Gasteiger partial charge in [0.15, 0.2) is 0 Å². The number of benzene rings is 1. The molecule has 2 bridgehead atoms. The minimum atomic E-state index is 0.0944. The van der Waals surface area contributed by atoms with E-state index in [9.17, 15) is 4.79 Å². The van der Waals surface area contributed by atoms with E-state index in [2.05, 4.69) is 10.3 Å². The number of nitrogens with one attached hydrogen (secondary N) is 1. The molecule has 5 nitrogen and oxygen atoms in total. The number of aromatic nitrogens is 1. The molecular weight excluding hydrogens is 326 g/mol. The van der Waals surface area contributed by atoms with E-state index in [4.69, 9.17) is 4.74 Å². The molecule has 2 aromatic rings. The first-order valence-corrected chi connectivity index (χ1v) is 9.34. The van der Waals surface area contributed by atoms with Gasteiger partial charge in [-0.2, -0.15) is 0 Å². The molecule has 2 aliphatic heterocycles. The van der Waals surface area contributed by atoms with E-state index >= 15 is 0 Å². The fourth-order valence-electron chi connectivity index (χ4n) is 4.05. The molecule has 1 aromatic heterocycles. The Morgan fingerprint density at radius 1 is 1.12 bits per heavy atom. The van der Waals surface area contributed by atoms with Gasteiger partial charge < -0.3 is 15.0 Å². The van der Waals surface area contributed by atoms with Gasteiger partial charge in [0.05, 0.1) is 0 Å². The molecule has 2 saturated heterocycles. The van der Waals surface area contributed by atoms with Crippen LogP contribution in [0.4, 0.5) is 0 Å². The summed E-state index contributed by atoms with van der Waals surface area (Å²) in [6, 6.07) is 12.8. The molecule has 26 heavy (non-hydrogen) atoms. The second-order valence-electron chi connectivity index (χ2n) is 7.35. The molecule has 0 saturated carbocycles. The molecule has 3 heterocycles. The van der Waals surface area contributed by atoms with Crippen molar-refractivity contribution in [1.82, 2.24) is 15.2 Å². The number of carbonyl (C=O) groups is 1. The van der Waals surface area contributed by atoms with Gasteiger partial charge in [-0.25, -0.2) is 0 Å². The van der Waals surface area contributed by atoms with Crippen LogP contribution in [0.2, 0.25) is 0 Å². The second kappa shape index (κ2) is 7.46. The minimum Gasteiger partial charge on any atom is -0.489 e. The highest BCUT2D eigenvalue weighted by Crippen LogP contribution is 2.30. The van der Waals surface area contributed by atoms with Crippen LogP contribution in [0.3, 0.4) is 0 Å². The normalized spacial score (nSPS) is 24.3. The Morgan fingerprint density at radius 3 is 2.42 bits per heavy atom. The SMILES string of the molecule is CN(C(=O)c1ccc(OCc2ccncc2)cc1)C1CC2CCC(C1)N2. The Kier molecular flexibility index (Phi) is 4.89. The summed E-state index contributed by atoms with van der Waals surface area (Å²) >= 11 is 0. The largest absolute Gasteiger partial charge is 0.489 e. The van der Waals surface area contributed by atoms with Crippen LogP contribution in [0.15, 0.2) is 48.8 Å². The summed E-state index contributed by atoms with van der Waals surface area (Å²) in [6.45, 7) is 0.494. The topological polar surface area (TPSA) is 54.5 Å². The predicted molar refractivity (Wildman–Crippen MR) is 100 cm³/mol. The zero-order valence-electron chi connectivity index (χ0n) is 15.1. The third-order valence-corrected chi connectivity index (χ3v) is 5.57. The Balaban J connectivity index is 1.36. The van der Waals surface area contributed by atoms with Crippen molar-refractivity contribution in [1.29, 1.82) is 0 Å². The van der Waals surface area contributed by atoms with E-state index in [-0.39, 0.29) is 5.91 Å². The average Bonchev–Trinajstić information content (AvgIpc) is 3.04. The molecule has 0 radical (unpaired) electrons. The number of hydrogen-bond acceptors (Lipinski definition) is 4. The molecule has 136 valence electrons. The lowest BCUT2D eigenvalue weighted by Crippen LogP contribution is -2.48. The van der Waals surface area contributed by atoms with Crippen molar-refractivity contribution in [2.75, 3.05) is 7.05 Å². The number of rotatable bonds is 5. The van der Waals surface area contributed by atoms with Crippen LogP contribution in [-0.2, 0) is 6.61 Å². The number of piperidine rings is 1. The third kappa shape index (κ3) is 3.73. The first-order valence-electron chi connectivity index (χ1n) is 9.34. The van der Waals surface area contributed by atoms with Crippen molar-refractivity contribution in [3.8, 4) is 5.75 Å². The maximum atomic E-state index is 12.8. The molecular formula is C21H25N3O2. The van der Waals surface area contributed by atoms with Gasteiger partial charge in [-0.1, -0.05) is 0 Å². The van der Waals surface area contributed by atoms with Crippen LogP contribution >= 0.6 is 0 Å². The summed E-state index contributed by atoms with van der Waals surface area (Å²) in [6.07, 6.45) is 8.11. The lowest BCUT2D eigenvalue weighted by Gasteiger charge is -2.35. The average molecular weight is 351 g/mol. The van der Waals surface area contributed by atoms with Crippen LogP contribution in [0.1, 0.15) is 41.6 Å². The first-order chi connectivity index (χ1) is 12.7. The number of amides is 1. The molecule has 1 amide bonds. The molecule has 2 unspecified atom stereocenters. The molecule has 2 aliphatic rings. The number of ether oxygens (including phenoxy) is 1. The Hall–Kier alpha value is -2.40. The zero-order valence-corrected chi connectivity index (χ0v) is 15.1. The zero-order chi connectivity index (χ0) is 17.9. The van der Waals surface area contributed by atoms with Gasteiger partial charge in [-0.15, -0.1) is 0 Å². The smallest absolute Gasteiger partial charge is 0.253 e. The molecule has 0 spiro atoms. The maximum Gasteiger partial charge on any atom is 0.253 e. The summed E-state index contributed by atoms with van der Waals surface area (Å²) in [5, 5.41) is 3.63. The first kappa shape index (κ1) is 17.0. The van der Waals surface area contributed by atoms with Crippen LogP contribution in [0.25, 0.3) is 0 Å². The number of fused-ring (bicyclic) bond motifs is 2. The highest BCUT2D eigenvalue weighted by molar-refractivity contribution is 5.94. The van der Waals surface area contributed by atoms with Crippen molar-refractivity contribution in [3.63, 3.8) is 0 Å².